The highest BCUT2D eigenvalue weighted by Crippen LogP contribution is 2.51. The van der Waals surface area contributed by atoms with Gasteiger partial charge in [-0.2, -0.15) is 0 Å². The fraction of sp³-hybridized carbons (Fsp3) is 0.519. The summed E-state index contributed by atoms with van der Waals surface area (Å²) in [4.78, 5) is 17.7. The van der Waals surface area contributed by atoms with Crippen LogP contribution in [0.4, 0.5) is 0 Å². The number of hydrogen-bond acceptors (Lipinski definition) is 4. The second-order valence-electron chi connectivity index (χ2n) is 9.80. The molecule has 2 aliphatic rings. The number of nitrogens with zero attached hydrogens (tertiary/aromatic N) is 2. The first-order chi connectivity index (χ1) is 16.3. The summed E-state index contributed by atoms with van der Waals surface area (Å²) >= 11 is 12.2. The monoisotopic (exact) mass is 504 g/mol. The van der Waals surface area contributed by atoms with Crippen molar-refractivity contribution >= 4 is 29.1 Å². The number of rotatable bonds is 6. The molecule has 1 saturated heterocycles. The first-order valence-corrected chi connectivity index (χ1v) is 12.6. The Morgan fingerprint density at radius 2 is 1.97 bits per heavy atom. The van der Waals surface area contributed by atoms with Crippen LogP contribution in [0.3, 0.4) is 0 Å². The minimum Gasteiger partial charge on any atom is -0.497 e. The van der Waals surface area contributed by atoms with Crippen molar-refractivity contribution in [3.8, 4) is 5.75 Å². The van der Waals surface area contributed by atoms with Crippen molar-refractivity contribution in [2.24, 2.45) is 5.92 Å². The van der Waals surface area contributed by atoms with Crippen molar-refractivity contribution in [3.63, 3.8) is 0 Å². The molecule has 1 saturated carbocycles. The molecule has 0 bridgehead atoms. The molecule has 4 atom stereocenters. The molecule has 1 heterocycles. The number of benzene rings is 2. The summed E-state index contributed by atoms with van der Waals surface area (Å²) in [5.74, 6) is 1.29. The van der Waals surface area contributed by atoms with Crippen LogP contribution in [0.15, 0.2) is 42.5 Å². The number of ether oxygens (including phenoxy) is 2. The van der Waals surface area contributed by atoms with Gasteiger partial charge in [0, 0.05) is 38.1 Å². The van der Waals surface area contributed by atoms with Gasteiger partial charge in [0.1, 0.15) is 5.75 Å². The van der Waals surface area contributed by atoms with E-state index in [-0.39, 0.29) is 23.5 Å². The van der Waals surface area contributed by atoms with Crippen LogP contribution in [0.25, 0.3) is 0 Å². The van der Waals surface area contributed by atoms with Gasteiger partial charge in [0.15, 0.2) is 0 Å². The zero-order valence-electron chi connectivity index (χ0n) is 20.4. The highest BCUT2D eigenvalue weighted by molar-refractivity contribution is 6.42. The predicted octanol–water partition coefficient (Wildman–Crippen LogP) is 5.07. The Morgan fingerprint density at radius 1 is 1.18 bits per heavy atom. The van der Waals surface area contributed by atoms with Crippen molar-refractivity contribution in [3.05, 3.63) is 63.6 Å². The molecule has 1 aliphatic carbocycles. The summed E-state index contributed by atoms with van der Waals surface area (Å²) in [6.07, 6.45) is 3.10. The van der Waals surface area contributed by atoms with Gasteiger partial charge in [-0.1, -0.05) is 41.4 Å². The summed E-state index contributed by atoms with van der Waals surface area (Å²) in [6, 6.07) is 13.9. The van der Waals surface area contributed by atoms with E-state index in [2.05, 4.69) is 30.1 Å². The fourth-order valence-corrected chi connectivity index (χ4v) is 6.28. The third-order valence-electron chi connectivity index (χ3n) is 7.94. The average molecular weight is 505 g/mol. The quantitative estimate of drug-likeness (QED) is 0.550. The van der Waals surface area contributed by atoms with Crippen molar-refractivity contribution in [1.29, 1.82) is 0 Å². The minimum atomic E-state index is -0.0806. The van der Waals surface area contributed by atoms with E-state index < -0.39 is 0 Å². The number of carbonyl (C=O) groups excluding carboxylic acids is 1. The molecule has 2 aromatic carbocycles. The van der Waals surface area contributed by atoms with E-state index in [0.29, 0.717) is 22.4 Å². The lowest BCUT2D eigenvalue weighted by Gasteiger charge is -2.56. The number of piperidine rings is 1. The van der Waals surface area contributed by atoms with E-state index in [0.717, 1.165) is 43.7 Å². The van der Waals surface area contributed by atoms with Crippen molar-refractivity contribution in [2.75, 3.05) is 41.4 Å². The Labute approximate surface area is 212 Å². The van der Waals surface area contributed by atoms with Crippen LogP contribution in [-0.2, 0) is 21.4 Å². The zero-order valence-corrected chi connectivity index (χ0v) is 21.9. The molecule has 7 heteroatoms. The molecule has 2 aromatic rings. The van der Waals surface area contributed by atoms with Gasteiger partial charge in [0.05, 0.1) is 29.7 Å². The lowest BCUT2D eigenvalue weighted by Crippen LogP contribution is -2.61. The topological polar surface area (TPSA) is 42.0 Å². The van der Waals surface area contributed by atoms with Crippen LogP contribution in [0, 0.1) is 5.92 Å². The molecule has 1 aliphatic heterocycles. The maximum absolute atomic E-state index is 13.3. The maximum Gasteiger partial charge on any atom is 0.226 e. The van der Waals surface area contributed by atoms with E-state index in [1.54, 1.807) is 26.4 Å². The van der Waals surface area contributed by atoms with Gasteiger partial charge in [-0.05, 0) is 68.2 Å². The summed E-state index contributed by atoms with van der Waals surface area (Å²) in [6.45, 7) is 1.99. The van der Waals surface area contributed by atoms with E-state index in [9.17, 15) is 4.79 Å². The summed E-state index contributed by atoms with van der Waals surface area (Å²) < 4.78 is 11.7. The first kappa shape index (κ1) is 25.3. The third kappa shape index (κ3) is 4.94. The fourth-order valence-electron chi connectivity index (χ4n) is 5.96. The van der Waals surface area contributed by atoms with Crippen LogP contribution in [0.5, 0.6) is 5.75 Å². The van der Waals surface area contributed by atoms with Gasteiger partial charge >= 0.3 is 0 Å². The molecule has 1 amide bonds. The predicted molar refractivity (Wildman–Crippen MR) is 137 cm³/mol. The molecule has 34 heavy (non-hydrogen) atoms. The first-order valence-electron chi connectivity index (χ1n) is 11.8. The molecular weight excluding hydrogens is 471 g/mol. The molecule has 4 rings (SSSR count). The van der Waals surface area contributed by atoms with Crippen LogP contribution in [-0.4, -0.2) is 69.3 Å². The molecule has 0 N–H and O–H groups in total. The number of fused-ring (bicyclic) bond motifs is 1. The number of methoxy groups -OCH3 is 2. The second-order valence-corrected chi connectivity index (χ2v) is 10.6. The third-order valence-corrected chi connectivity index (χ3v) is 8.68. The highest BCUT2D eigenvalue weighted by atomic mass is 35.5. The van der Waals surface area contributed by atoms with Crippen LogP contribution >= 0.6 is 23.2 Å². The SMILES string of the molecule is COc1cccc([C@@]23CCN(C)C[C@H]2C(OC)C[C@H](N(C)C(=O)Cc2ccc(Cl)c(Cl)c2)C3)c1. The molecule has 5 nitrogen and oxygen atoms in total. The Hall–Kier alpha value is -1.79. The molecule has 0 radical (unpaired) electrons. The summed E-state index contributed by atoms with van der Waals surface area (Å²) in [7, 11) is 7.61. The Balaban J connectivity index is 1.63. The van der Waals surface area contributed by atoms with E-state index >= 15 is 0 Å². The smallest absolute Gasteiger partial charge is 0.226 e. The maximum atomic E-state index is 13.3. The molecule has 1 unspecified atom stereocenters. The second kappa shape index (κ2) is 10.4. The number of likely N-dealkylation sites (tertiary alicyclic amines) is 1. The van der Waals surface area contributed by atoms with Gasteiger partial charge in [-0.3, -0.25) is 4.79 Å². The minimum absolute atomic E-state index is 0.0629. The Morgan fingerprint density at radius 3 is 2.68 bits per heavy atom. The number of hydrogen-bond donors (Lipinski definition) is 0. The van der Waals surface area contributed by atoms with Crippen LogP contribution in [0.2, 0.25) is 10.0 Å². The number of carbonyl (C=O) groups is 1. The van der Waals surface area contributed by atoms with E-state index in [1.165, 1.54) is 5.56 Å². The van der Waals surface area contributed by atoms with E-state index in [4.69, 9.17) is 32.7 Å². The lowest BCUT2D eigenvalue weighted by atomic mass is 9.56. The lowest BCUT2D eigenvalue weighted by molar-refractivity contribution is -0.136. The average Bonchev–Trinajstić information content (AvgIpc) is 2.85. The summed E-state index contributed by atoms with van der Waals surface area (Å²) in [5.41, 5.74) is 2.06. The number of halogens is 2. The van der Waals surface area contributed by atoms with Crippen LogP contribution < -0.4 is 4.74 Å². The van der Waals surface area contributed by atoms with Gasteiger partial charge in [0.2, 0.25) is 5.91 Å². The molecular formula is C27H34Cl2N2O3. The molecule has 0 spiro atoms. The van der Waals surface area contributed by atoms with Gasteiger partial charge in [-0.25, -0.2) is 0 Å². The largest absolute Gasteiger partial charge is 0.497 e. The van der Waals surface area contributed by atoms with Crippen molar-refractivity contribution in [1.82, 2.24) is 9.80 Å². The number of likely N-dealkylation sites (N-methyl/N-ethyl adjacent to an activating group) is 1. The zero-order chi connectivity index (χ0) is 24.5. The Kier molecular flexibility index (Phi) is 7.78. The van der Waals surface area contributed by atoms with Crippen molar-refractivity contribution < 1.29 is 14.3 Å². The normalized spacial score (nSPS) is 27.2. The molecule has 2 fully saturated rings. The van der Waals surface area contributed by atoms with Gasteiger partial charge in [0.25, 0.3) is 0 Å². The highest BCUT2D eigenvalue weighted by Gasteiger charge is 2.53. The van der Waals surface area contributed by atoms with E-state index in [1.807, 2.05) is 24.1 Å². The van der Waals surface area contributed by atoms with Crippen LogP contribution in [0.1, 0.15) is 30.4 Å². The summed E-state index contributed by atoms with van der Waals surface area (Å²) in [5, 5.41) is 0.966. The van der Waals surface area contributed by atoms with Gasteiger partial charge in [-0.15, -0.1) is 0 Å². The van der Waals surface area contributed by atoms with Crippen molar-refractivity contribution in [2.45, 2.75) is 43.2 Å². The molecule has 0 aromatic heterocycles. The Bertz CT molecular complexity index is 1030. The standard InChI is InChI=1S/C27H34Cl2N2O3/c1-30-11-10-27(19-6-5-7-21(14-19)33-3)16-20(15-25(34-4)22(27)17-30)31(2)26(32)13-18-8-9-23(28)24(29)12-18/h5-9,12,14,20,22,25H,10-11,13,15-17H2,1-4H3/t20-,22-,25?,27-/m0/s1. The number of amides is 1. The molecule has 184 valence electrons. The van der Waals surface area contributed by atoms with Gasteiger partial charge < -0.3 is 19.3 Å².